The van der Waals surface area contributed by atoms with E-state index < -0.39 is 10.0 Å². The maximum Gasteiger partial charge on any atom is 0.284 e. The van der Waals surface area contributed by atoms with Crippen molar-refractivity contribution in [3.63, 3.8) is 0 Å². The summed E-state index contributed by atoms with van der Waals surface area (Å²) in [7, 11) is -0.635. The van der Waals surface area contributed by atoms with Crippen molar-refractivity contribution in [2.24, 2.45) is 4.40 Å². The molecule has 0 aliphatic heterocycles. The monoisotopic (exact) mass is 470 g/mol. The molecule has 1 aliphatic carbocycles. The van der Waals surface area contributed by atoms with Gasteiger partial charge in [-0.2, -0.15) is 8.42 Å². The fourth-order valence-corrected chi connectivity index (χ4v) is 4.70. The van der Waals surface area contributed by atoms with Crippen molar-refractivity contribution in [2.45, 2.75) is 30.1 Å². The largest absolute Gasteiger partial charge is 0.368 e. The van der Waals surface area contributed by atoms with Gasteiger partial charge >= 0.3 is 0 Å². The second kappa shape index (κ2) is 8.88. The summed E-state index contributed by atoms with van der Waals surface area (Å²) >= 11 is 6.16. The maximum atomic E-state index is 13.0. The standard InChI is InChI=1S/C23H23ClN4O3S/c1-28(2)14-25-32(30,31)22-13-17(26-23(29)11-16-5-3-4-6-19(16)24)12-21-18(22)9-10-20(27-21)15-7-8-15/h3-6,9-10,12-15H,7-8,11H2,1-2H3,(H,26,29)/b25-14+. The Morgan fingerprint density at radius 1 is 1.22 bits per heavy atom. The molecule has 9 heteroatoms. The van der Waals surface area contributed by atoms with Crippen LogP contribution in [0.3, 0.4) is 0 Å². The molecule has 166 valence electrons. The number of hydrogen-bond donors (Lipinski definition) is 1. The molecule has 0 atom stereocenters. The molecule has 0 bridgehead atoms. The van der Waals surface area contributed by atoms with Gasteiger partial charge in [0.25, 0.3) is 10.0 Å². The van der Waals surface area contributed by atoms with E-state index in [1.54, 1.807) is 55.4 Å². The highest BCUT2D eigenvalue weighted by molar-refractivity contribution is 7.90. The number of rotatable bonds is 7. The topological polar surface area (TPSA) is 91.7 Å². The molecule has 1 heterocycles. The molecule has 2 aromatic carbocycles. The second-order valence-electron chi connectivity index (χ2n) is 8.03. The molecule has 3 aromatic rings. The first-order chi connectivity index (χ1) is 15.2. The molecule has 0 saturated heterocycles. The van der Waals surface area contributed by atoms with Crippen molar-refractivity contribution in [3.05, 3.63) is 64.8 Å². The SMILES string of the molecule is CN(C)/C=N/S(=O)(=O)c1cc(NC(=O)Cc2ccccc2Cl)cc2nc(C3CC3)ccc12. The smallest absolute Gasteiger partial charge is 0.284 e. The Labute approximate surface area is 192 Å². The zero-order valence-electron chi connectivity index (χ0n) is 17.7. The molecule has 4 rings (SSSR count). The lowest BCUT2D eigenvalue weighted by Gasteiger charge is -2.12. The minimum Gasteiger partial charge on any atom is -0.368 e. The van der Waals surface area contributed by atoms with Gasteiger partial charge in [0.2, 0.25) is 5.91 Å². The Balaban J connectivity index is 1.73. The van der Waals surface area contributed by atoms with Crippen LogP contribution in [0, 0.1) is 0 Å². The van der Waals surface area contributed by atoms with E-state index in [-0.39, 0.29) is 17.2 Å². The van der Waals surface area contributed by atoms with E-state index in [2.05, 4.69) is 14.7 Å². The second-order valence-corrected chi connectivity index (χ2v) is 10.0. The van der Waals surface area contributed by atoms with Gasteiger partial charge in [-0.3, -0.25) is 9.78 Å². The first-order valence-corrected chi connectivity index (χ1v) is 12.0. The third-order valence-electron chi connectivity index (χ3n) is 5.07. The number of pyridine rings is 1. The Bertz CT molecular complexity index is 1320. The normalized spacial score (nSPS) is 14.1. The number of hydrogen-bond acceptors (Lipinski definition) is 4. The van der Waals surface area contributed by atoms with E-state index in [1.165, 1.54) is 12.4 Å². The molecular formula is C23H23ClN4O3S. The molecule has 0 radical (unpaired) electrons. The Hall–Kier alpha value is -2.97. The highest BCUT2D eigenvalue weighted by Crippen LogP contribution is 2.40. The number of fused-ring (bicyclic) bond motifs is 1. The summed E-state index contributed by atoms with van der Waals surface area (Å²) in [5, 5.41) is 3.75. The number of aromatic nitrogens is 1. The highest BCUT2D eigenvalue weighted by atomic mass is 35.5. The van der Waals surface area contributed by atoms with E-state index in [0.717, 1.165) is 18.5 Å². The van der Waals surface area contributed by atoms with Crippen molar-refractivity contribution in [3.8, 4) is 0 Å². The Kier molecular flexibility index (Phi) is 6.17. The number of sulfonamides is 1. The highest BCUT2D eigenvalue weighted by Gasteiger charge is 2.26. The molecule has 1 saturated carbocycles. The number of halogens is 1. The van der Waals surface area contributed by atoms with E-state index in [0.29, 0.717) is 33.1 Å². The van der Waals surface area contributed by atoms with Crippen LogP contribution >= 0.6 is 11.6 Å². The van der Waals surface area contributed by atoms with Gasteiger partial charge in [-0.1, -0.05) is 29.8 Å². The Morgan fingerprint density at radius 3 is 2.66 bits per heavy atom. The molecule has 1 N–H and O–H groups in total. The van der Waals surface area contributed by atoms with Gasteiger partial charge in [-0.15, -0.1) is 4.40 Å². The van der Waals surface area contributed by atoms with Crippen LogP contribution in [0.25, 0.3) is 10.9 Å². The summed E-state index contributed by atoms with van der Waals surface area (Å²) in [6.07, 6.45) is 3.44. The summed E-state index contributed by atoms with van der Waals surface area (Å²) < 4.78 is 29.7. The van der Waals surface area contributed by atoms with Crippen LogP contribution in [0.4, 0.5) is 5.69 Å². The maximum absolute atomic E-state index is 13.0. The molecule has 0 unspecified atom stereocenters. The predicted octanol–water partition coefficient (Wildman–Crippen LogP) is 4.23. The third-order valence-corrected chi connectivity index (χ3v) is 6.71. The van der Waals surface area contributed by atoms with Gasteiger partial charge < -0.3 is 10.2 Å². The zero-order valence-corrected chi connectivity index (χ0v) is 19.3. The van der Waals surface area contributed by atoms with Crippen LogP contribution in [0.15, 0.2) is 57.8 Å². The number of amides is 1. The number of carbonyl (C=O) groups is 1. The molecule has 7 nitrogen and oxygen atoms in total. The fraction of sp³-hybridized carbons (Fsp3) is 0.261. The van der Waals surface area contributed by atoms with Crippen molar-refractivity contribution in [1.82, 2.24) is 9.88 Å². The van der Waals surface area contributed by atoms with Gasteiger partial charge in [0.15, 0.2) is 0 Å². The third kappa shape index (κ3) is 5.08. The minimum absolute atomic E-state index is 0.00371. The number of anilines is 1. The molecule has 1 aliphatic rings. The van der Waals surface area contributed by atoms with Crippen LogP contribution in [0.5, 0.6) is 0 Å². The summed E-state index contributed by atoms with van der Waals surface area (Å²) in [6, 6.07) is 13.8. The van der Waals surface area contributed by atoms with Crippen LogP contribution in [0.1, 0.15) is 30.0 Å². The molecule has 1 aromatic heterocycles. The summed E-state index contributed by atoms with van der Waals surface area (Å²) in [6.45, 7) is 0. The van der Waals surface area contributed by atoms with Crippen LogP contribution < -0.4 is 5.32 Å². The summed E-state index contributed by atoms with van der Waals surface area (Å²) in [4.78, 5) is 18.9. The molecular weight excluding hydrogens is 448 g/mol. The molecule has 32 heavy (non-hydrogen) atoms. The lowest BCUT2D eigenvalue weighted by Crippen LogP contribution is -2.15. The lowest BCUT2D eigenvalue weighted by atomic mass is 10.1. The van der Waals surface area contributed by atoms with Gasteiger partial charge in [0, 0.05) is 41.8 Å². The van der Waals surface area contributed by atoms with Crippen LogP contribution in [-0.2, 0) is 21.2 Å². The van der Waals surface area contributed by atoms with Crippen molar-refractivity contribution in [2.75, 3.05) is 19.4 Å². The molecule has 1 fully saturated rings. The number of benzene rings is 2. The van der Waals surface area contributed by atoms with Crippen LogP contribution in [-0.4, -0.2) is 44.6 Å². The van der Waals surface area contributed by atoms with Gasteiger partial charge in [0.05, 0.1) is 11.9 Å². The number of carbonyl (C=O) groups excluding carboxylic acids is 1. The van der Waals surface area contributed by atoms with E-state index in [9.17, 15) is 13.2 Å². The molecule has 0 spiro atoms. The van der Waals surface area contributed by atoms with Gasteiger partial charge in [-0.25, -0.2) is 0 Å². The first kappa shape index (κ1) is 22.2. The molecule has 1 amide bonds. The number of nitrogens with one attached hydrogen (secondary N) is 1. The average molecular weight is 471 g/mol. The predicted molar refractivity (Wildman–Crippen MR) is 127 cm³/mol. The van der Waals surface area contributed by atoms with E-state index in [1.807, 2.05) is 6.07 Å². The quantitative estimate of drug-likeness (QED) is 0.412. The van der Waals surface area contributed by atoms with Gasteiger partial charge in [0.1, 0.15) is 11.2 Å². The average Bonchev–Trinajstić information content (AvgIpc) is 3.58. The summed E-state index contributed by atoms with van der Waals surface area (Å²) in [5.41, 5.74) is 2.46. The van der Waals surface area contributed by atoms with Crippen molar-refractivity contribution < 1.29 is 13.2 Å². The lowest BCUT2D eigenvalue weighted by molar-refractivity contribution is -0.115. The Morgan fingerprint density at radius 2 is 1.97 bits per heavy atom. The van der Waals surface area contributed by atoms with E-state index in [4.69, 9.17) is 11.6 Å². The first-order valence-electron chi connectivity index (χ1n) is 10.2. The zero-order chi connectivity index (χ0) is 22.9. The minimum atomic E-state index is -4.01. The van der Waals surface area contributed by atoms with Crippen molar-refractivity contribution >= 4 is 50.5 Å². The van der Waals surface area contributed by atoms with Crippen molar-refractivity contribution in [1.29, 1.82) is 0 Å². The van der Waals surface area contributed by atoms with Gasteiger partial charge in [-0.05, 0) is 48.7 Å². The number of nitrogens with zero attached hydrogens (tertiary/aromatic N) is 3. The summed E-state index contributed by atoms with van der Waals surface area (Å²) in [5.74, 6) is 0.0978. The fourth-order valence-electron chi connectivity index (χ4n) is 3.34. The van der Waals surface area contributed by atoms with Crippen LogP contribution in [0.2, 0.25) is 5.02 Å². The van der Waals surface area contributed by atoms with E-state index >= 15 is 0 Å².